The van der Waals surface area contributed by atoms with E-state index in [9.17, 15) is 19.2 Å². The number of methoxy groups -OCH3 is 1. The molecule has 0 aliphatic carbocycles. The summed E-state index contributed by atoms with van der Waals surface area (Å²) in [4.78, 5) is 49.4. The third kappa shape index (κ3) is 4.55. The summed E-state index contributed by atoms with van der Waals surface area (Å²) < 4.78 is 5.09. The Morgan fingerprint density at radius 3 is 2.37 bits per heavy atom. The first-order chi connectivity index (χ1) is 12.7. The maximum atomic E-state index is 12.8. The summed E-state index contributed by atoms with van der Waals surface area (Å²) in [5, 5.41) is 7.64. The molecule has 1 fully saturated rings. The number of hydrogen-bond donors (Lipinski definition) is 3. The highest BCUT2D eigenvalue weighted by atomic mass is 16.5. The monoisotopic (exact) mass is 376 g/mol. The molecule has 1 aromatic rings. The summed E-state index contributed by atoms with van der Waals surface area (Å²) in [6.07, 6.45) is 0. The van der Waals surface area contributed by atoms with Crippen LogP contribution in [0.25, 0.3) is 0 Å². The van der Waals surface area contributed by atoms with Crippen LogP contribution < -0.4 is 20.7 Å². The Labute approximate surface area is 157 Å². The summed E-state index contributed by atoms with van der Waals surface area (Å²) in [5.41, 5.74) is -0.709. The molecule has 9 heteroatoms. The lowest BCUT2D eigenvalue weighted by molar-refractivity contribution is -0.135. The van der Waals surface area contributed by atoms with Crippen LogP contribution in [0.2, 0.25) is 0 Å². The van der Waals surface area contributed by atoms with Gasteiger partial charge in [-0.3, -0.25) is 19.3 Å². The van der Waals surface area contributed by atoms with E-state index in [1.807, 2.05) is 0 Å². The summed E-state index contributed by atoms with van der Waals surface area (Å²) in [5.74, 6) is -0.871. The lowest BCUT2D eigenvalue weighted by atomic mass is 9.92. The number of ether oxygens (including phenoxy) is 1. The molecular weight excluding hydrogens is 352 g/mol. The van der Waals surface area contributed by atoms with Crippen molar-refractivity contribution >= 4 is 23.8 Å². The standard InChI is InChI=1S/C18H24N4O5/c1-11(2)20-14(23)9-19-15(24)10-22-16(25)18(3,21-17(22)26)12-5-7-13(27-4)8-6-12/h5-8,11H,9-10H2,1-4H3,(H,19,24)(H,20,23)(H,21,26)/t18-/m0/s1. The number of imide groups is 1. The van der Waals surface area contributed by atoms with Crippen LogP contribution in [0.15, 0.2) is 24.3 Å². The molecule has 0 spiro atoms. The topological polar surface area (TPSA) is 117 Å². The normalized spacial score (nSPS) is 19.1. The van der Waals surface area contributed by atoms with Gasteiger partial charge in [-0.1, -0.05) is 12.1 Å². The molecule has 27 heavy (non-hydrogen) atoms. The Hall–Kier alpha value is -3.10. The van der Waals surface area contributed by atoms with Crippen LogP contribution in [0, 0.1) is 0 Å². The van der Waals surface area contributed by atoms with E-state index in [2.05, 4.69) is 16.0 Å². The highest BCUT2D eigenvalue weighted by Gasteiger charge is 2.49. The van der Waals surface area contributed by atoms with Crippen molar-refractivity contribution < 1.29 is 23.9 Å². The zero-order valence-corrected chi connectivity index (χ0v) is 15.8. The number of urea groups is 1. The molecule has 3 N–H and O–H groups in total. The van der Waals surface area contributed by atoms with Crippen molar-refractivity contribution in [1.82, 2.24) is 20.9 Å². The molecule has 1 atom stereocenters. The van der Waals surface area contributed by atoms with Crippen LogP contribution in [-0.2, 0) is 19.9 Å². The van der Waals surface area contributed by atoms with Crippen molar-refractivity contribution in [3.05, 3.63) is 29.8 Å². The van der Waals surface area contributed by atoms with E-state index in [1.54, 1.807) is 45.0 Å². The van der Waals surface area contributed by atoms with Crippen LogP contribution in [0.4, 0.5) is 4.79 Å². The molecule has 0 bridgehead atoms. The van der Waals surface area contributed by atoms with E-state index in [-0.39, 0.29) is 18.5 Å². The predicted molar refractivity (Wildman–Crippen MR) is 96.9 cm³/mol. The van der Waals surface area contributed by atoms with Gasteiger partial charge in [0.05, 0.1) is 13.7 Å². The third-order valence-electron chi connectivity index (χ3n) is 4.14. The number of hydrogen-bond acceptors (Lipinski definition) is 5. The van der Waals surface area contributed by atoms with Gasteiger partial charge in [-0.2, -0.15) is 0 Å². The highest BCUT2D eigenvalue weighted by Crippen LogP contribution is 2.29. The van der Waals surface area contributed by atoms with Crippen molar-refractivity contribution in [2.75, 3.05) is 20.2 Å². The van der Waals surface area contributed by atoms with Crippen LogP contribution >= 0.6 is 0 Å². The van der Waals surface area contributed by atoms with Crippen LogP contribution in [0.5, 0.6) is 5.75 Å². The highest BCUT2D eigenvalue weighted by molar-refractivity contribution is 6.09. The zero-order chi connectivity index (χ0) is 20.2. The van der Waals surface area contributed by atoms with Gasteiger partial charge in [0, 0.05) is 6.04 Å². The number of amides is 5. The van der Waals surface area contributed by atoms with E-state index in [0.29, 0.717) is 11.3 Å². The second kappa shape index (κ2) is 8.07. The minimum Gasteiger partial charge on any atom is -0.497 e. The average Bonchev–Trinajstić information content (AvgIpc) is 2.83. The molecule has 146 valence electrons. The van der Waals surface area contributed by atoms with Gasteiger partial charge in [0.1, 0.15) is 17.8 Å². The van der Waals surface area contributed by atoms with Crippen molar-refractivity contribution in [2.45, 2.75) is 32.4 Å². The minimum absolute atomic E-state index is 0.0504. The number of nitrogens with one attached hydrogen (secondary N) is 3. The van der Waals surface area contributed by atoms with Gasteiger partial charge in [-0.05, 0) is 38.5 Å². The molecule has 1 aliphatic rings. The smallest absolute Gasteiger partial charge is 0.325 e. The van der Waals surface area contributed by atoms with E-state index in [1.165, 1.54) is 7.11 Å². The fraction of sp³-hybridized carbons (Fsp3) is 0.444. The first-order valence-corrected chi connectivity index (χ1v) is 8.52. The second-order valence-electron chi connectivity index (χ2n) is 6.67. The average molecular weight is 376 g/mol. The molecule has 0 aromatic heterocycles. The molecule has 1 heterocycles. The lowest BCUT2D eigenvalue weighted by Gasteiger charge is -2.22. The van der Waals surface area contributed by atoms with E-state index >= 15 is 0 Å². The quantitative estimate of drug-likeness (QED) is 0.584. The van der Waals surface area contributed by atoms with E-state index < -0.39 is 29.9 Å². The van der Waals surface area contributed by atoms with Gasteiger partial charge in [-0.25, -0.2) is 4.79 Å². The van der Waals surface area contributed by atoms with Crippen LogP contribution in [-0.4, -0.2) is 54.9 Å². The molecule has 0 radical (unpaired) electrons. The Kier molecular flexibility index (Phi) is 6.04. The molecule has 0 saturated carbocycles. The predicted octanol–water partition coefficient (Wildman–Crippen LogP) is 0.103. The number of benzene rings is 1. The Morgan fingerprint density at radius 1 is 1.19 bits per heavy atom. The largest absolute Gasteiger partial charge is 0.497 e. The van der Waals surface area contributed by atoms with Crippen LogP contribution in [0.3, 0.4) is 0 Å². The molecule has 0 unspecified atom stereocenters. The Balaban J connectivity index is 2.02. The number of carbonyl (C=O) groups excluding carboxylic acids is 4. The van der Waals surface area contributed by atoms with Gasteiger partial charge < -0.3 is 20.7 Å². The van der Waals surface area contributed by atoms with Gasteiger partial charge in [0.15, 0.2) is 0 Å². The van der Waals surface area contributed by atoms with Crippen molar-refractivity contribution in [2.24, 2.45) is 0 Å². The van der Waals surface area contributed by atoms with Gasteiger partial charge >= 0.3 is 6.03 Å². The molecule has 2 rings (SSSR count). The van der Waals surface area contributed by atoms with Crippen LogP contribution in [0.1, 0.15) is 26.3 Å². The second-order valence-corrected chi connectivity index (χ2v) is 6.67. The molecule has 9 nitrogen and oxygen atoms in total. The zero-order valence-electron chi connectivity index (χ0n) is 15.8. The first kappa shape index (κ1) is 20.2. The SMILES string of the molecule is COc1ccc([C@]2(C)NC(=O)N(CC(=O)NCC(=O)NC(C)C)C2=O)cc1. The molecular formula is C18H24N4O5. The number of rotatable bonds is 7. The van der Waals surface area contributed by atoms with E-state index in [4.69, 9.17) is 4.74 Å². The number of nitrogens with zero attached hydrogens (tertiary/aromatic N) is 1. The first-order valence-electron chi connectivity index (χ1n) is 8.52. The fourth-order valence-electron chi connectivity index (χ4n) is 2.71. The van der Waals surface area contributed by atoms with Gasteiger partial charge in [0.2, 0.25) is 11.8 Å². The van der Waals surface area contributed by atoms with Crippen molar-refractivity contribution in [3.63, 3.8) is 0 Å². The lowest BCUT2D eigenvalue weighted by Crippen LogP contribution is -2.45. The molecule has 1 saturated heterocycles. The molecule has 1 aliphatic heterocycles. The van der Waals surface area contributed by atoms with E-state index in [0.717, 1.165) is 4.90 Å². The van der Waals surface area contributed by atoms with Gasteiger partial charge in [-0.15, -0.1) is 0 Å². The summed E-state index contributed by atoms with van der Waals surface area (Å²) in [6, 6.07) is 6.00. The molecule has 5 amide bonds. The third-order valence-corrected chi connectivity index (χ3v) is 4.14. The summed E-state index contributed by atoms with van der Waals surface area (Å²) in [6.45, 7) is 4.48. The van der Waals surface area contributed by atoms with Crippen molar-refractivity contribution in [1.29, 1.82) is 0 Å². The Morgan fingerprint density at radius 2 is 1.81 bits per heavy atom. The fourth-order valence-corrected chi connectivity index (χ4v) is 2.71. The van der Waals surface area contributed by atoms with Gasteiger partial charge in [0.25, 0.3) is 5.91 Å². The maximum absolute atomic E-state index is 12.8. The Bertz CT molecular complexity index is 747. The van der Waals surface area contributed by atoms with Crippen molar-refractivity contribution in [3.8, 4) is 5.75 Å². The summed E-state index contributed by atoms with van der Waals surface area (Å²) in [7, 11) is 1.53. The molecule has 1 aromatic carbocycles. The minimum atomic E-state index is -1.28. The summed E-state index contributed by atoms with van der Waals surface area (Å²) >= 11 is 0. The number of carbonyl (C=O) groups is 4. The maximum Gasteiger partial charge on any atom is 0.325 e.